The maximum absolute atomic E-state index is 6.03. The Balaban J connectivity index is 1.85. The first-order valence-corrected chi connectivity index (χ1v) is 8.59. The fourth-order valence-corrected chi connectivity index (χ4v) is 3.39. The summed E-state index contributed by atoms with van der Waals surface area (Å²) >= 11 is 6.03. The van der Waals surface area contributed by atoms with E-state index >= 15 is 0 Å². The Kier molecular flexibility index (Phi) is 4.16. The second kappa shape index (κ2) is 6.61. The summed E-state index contributed by atoms with van der Waals surface area (Å²) in [7, 11) is 0. The van der Waals surface area contributed by atoms with Crippen molar-refractivity contribution in [2.75, 3.05) is 5.32 Å². The molecule has 0 saturated carbocycles. The number of hydrogen-bond donors (Lipinski definition) is 2. The number of nitrogens with one attached hydrogen (secondary N) is 2. The quantitative estimate of drug-likeness (QED) is 0.495. The van der Waals surface area contributed by atoms with Crippen molar-refractivity contribution in [2.45, 2.75) is 13.0 Å². The summed E-state index contributed by atoms with van der Waals surface area (Å²) in [5, 5.41) is 5.61. The highest BCUT2D eigenvalue weighted by Gasteiger charge is 2.20. The predicted molar refractivity (Wildman–Crippen MR) is 104 cm³/mol. The number of H-pyrrole nitrogens is 1. The molecule has 4 aromatic rings. The fraction of sp³-hybridized carbons (Fsp3) is 0.0952. The molecule has 0 radical (unpaired) electrons. The molecule has 0 amide bonds. The molecule has 0 unspecified atom stereocenters. The SMILES string of the molecule is Cc1[nH]c2ccccc2c1[C@H](Nc1ccc(Cl)cc1)c1ccncc1. The molecule has 0 aliphatic heterocycles. The minimum atomic E-state index is 0.0142. The zero-order valence-electron chi connectivity index (χ0n) is 13.8. The van der Waals surface area contributed by atoms with Crippen LogP contribution < -0.4 is 5.32 Å². The number of aromatic nitrogens is 2. The molecule has 2 N–H and O–H groups in total. The van der Waals surface area contributed by atoms with Gasteiger partial charge in [-0.25, -0.2) is 0 Å². The summed E-state index contributed by atoms with van der Waals surface area (Å²) < 4.78 is 0. The molecule has 0 aliphatic carbocycles. The zero-order valence-corrected chi connectivity index (χ0v) is 14.6. The van der Waals surface area contributed by atoms with Crippen LogP contribution in [0.2, 0.25) is 5.02 Å². The highest BCUT2D eigenvalue weighted by molar-refractivity contribution is 6.30. The van der Waals surface area contributed by atoms with Crippen molar-refractivity contribution in [3.8, 4) is 0 Å². The lowest BCUT2D eigenvalue weighted by atomic mass is 9.96. The van der Waals surface area contributed by atoms with E-state index in [0.29, 0.717) is 0 Å². The van der Waals surface area contributed by atoms with Crippen LogP contribution in [0.4, 0.5) is 5.69 Å². The highest BCUT2D eigenvalue weighted by atomic mass is 35.5. The van der Waals surface area contributed by atoms with Crippen molar-refractivity contribution in [2.24, 2.45) is 0 Å². The molecule has 124 valence electrons. The number of pyridine rings is 1. The number of fused-ring (bicyclic) bond motifs is 1. The largest absolute Gasteiger partial charge is 0.374 e. The molecule has 2 aromatic carbocycles. The number of anilines is 1. The number of aryl methyl sites for hydroxylation is 1. The first kappa shape index (κ1) is 15.7. The van der Waals surface area contributed by atoms with E-state index in [1.54, 1.807) is 0 Å². The van der Waals surface area contributed by atoms with Crippen molar-refractivity contribution in [3.63, 3.8) is 0 Å². The van der Waals surface area contributed by atoms with E-state index in [0.717, 1.165) is 27.5 Å². The third-order valence-electron chi connectivity index (χ3n) is 4.43. The first-order chi connectivity index (χ1) is 12.2. The average Bonchev–Trinajstić information content (AvgIpc) is 2.98. The van der Waals surface area contributed by atoms with Crippen LogP contribution in [0.1, 0.15) is 22.9 Å². The van der Waals surface area contributed by atoms with Crippen LogP contribution in [0.3, 0.4) is 0 Å². The molecule has 2 aromatic heterocycles. The van der Waals surface area contributed by atoms with Crippen LogP contribution in [0.15, 0.2) is 73.1 Å². The third kappa shape index (κ3) is 3.11. The van der Waals surface area contributed by atoms with Crippen molar-refractivity contribution >= 4 is 28.2 Å². The number of aromatic amines is 1. The number of nitrogens with zero attached hydrogens (tertiary/aromatic N) is 1. The number of halogens is 1. The van der Waals surface area contributed by atoms with Crippen LogP contribution in [-0.4, -0.2) is 9.97 Å². The molecule has 25 heavy (non-hydrogen) atoms. The van der Waals surface area contributed by atoms with Gasteiger partial charge in [0.05, 0.1) is 6.04 Å². The molecular formula is C21H18ClN3. The van der Waals surface area contributed by atoms with E-state index in [1.165, 1.54) is 10.9 Å². The Morgan fingerprint density at radius 2 is 1.68 bits per heavy atom. The van der Waals surface area contributed by atoms with Gasteiger partial charge in [0.25, 0.3) is 0 Å². The predicted octanol–water partition coefficient (Wildman–Crippen LogP) is 5.73. The van der Waals surface area contributed by atoms with Crippen molar-refractivity contribution < 1.29 is 0 Å². The number of benzene rings is 2. The third-order valence-corrected chi connectivity index (χ3v) is 4.68. The number of para-hydroxylation sites is 1. The fourth-order valence-electron chi connectivity index (χ4n) is 3.26. The van der Waals surface area contributed by atoms with Crippen LogP contribution in [0, 0.1) is 6.92 Å². The van der Waals surface area contributed by atoms with Crippen LogP contribution >= 0.6 is 11.6 Å². The van der Waals surface area contributed by atoms with Crippen LogP contribution in [-0.2, 0) is 0 Å². The molecule has 0 fully saturated rings. The van der Waals surface area contributed by atoms with E-state index < -0.39 is 0 Å². The maximum atomic E-state index is 6.03. The van der Waals surface area contributed by atoms with Gasteiger partial charge in [-0.05, 0) is 55.0 Å². The van der Waals surface area contributed by atoms with Gasteiger partial charge in [-0.3, -0.25) is 4.98 Å². The lowest BCUT2D eigenvalue weighted by molar-refractivity contribution is 0.928. The highest BCUT2D eigenvalue weighted by Crippen LogP contribution is 2.34. The van der Waals surface area contributed by atoms with E-state index in [2.05, 4.69) is 58.6 Å². The molecular weight excluding hydrogens is 330 g/mol. The monoisotopic (exact) mass is 347 g/mol. The summed E-state index contributed by atoms with van der Waals surface area (Å²) in [5.74, 6) is 0. The maximum Gasteiger partial charge on any atom is 0.0791 e. The summed E-state index contributed by atoms with van der Waals surface area (Å²) in [6, 6.07) is 20.3. The van der Waals surface area contributed by atoms with E-state index in [4.69, 9.17) is 11.6 Å². The second-order valence-corrected chi connectivity index (χ2v) is 6.51. The van der Waals surface area contributed by atoms with E-state index in [-0.39, 0.29) is 6.04 Å². The molecule has 4 rings (SSSR count). The van der Waals surface area contributed by atoms with Gasteiger partial charge in [0.15, 0.2) is 0 Å². The molecule has 0 saturated heterocycles. The Morgan fingerprint density at radius 3 is 2.44 bits per heavy atom. The second-order valence-electron chi connectivity index (χ2n) is 6.07. The molecule has 0 aliphatic rings. The van der Waals surface area contributed by atoms with Gasteiger partial charge in [0.2, 0.25) is 0 Å². The molecule has 0 bridgehead atoms. The molecule has 1 atom stereocenters. The smallest absolute Gasteiger partial charge is 0.0791 e. The summed E-state index contributed by atoms with van der Waals surface area (Å²) in [6.07, 6.45) is 3.66. The van der Waals surface area contributed by atoms with Gasteiger partial charge >= 0.3 is 0 Å². The van der Waals surface area contributed by atoms with Gasteiger partial charge in [-0.15, -0.1) is 0 Å². The first-order valence-electron chi connectivity index (χ1n) is 8.21. The minimum Gasteiger partial charge on any atom is -0.374 e. The zero-order chi connectivity index (χ0) is 17.2. The van der Waals surface area contributed by atoms with Crippen molar-refractivity contribution in [3.05, 3.63) is 94.9 Å². The lowest BCUT2D eigenvalue weighted by Gasteiger charge is -2.21. The Morgan fingerprint density at radius 1 is 0.960 bits per heavy atom. The normalized spacial score (nSPS) is 12.2. The van der Waals surface area contributed by atoms with Crippen molar-refractivity contribution in [1.29, 1.82) is 0 Å². The summed E-state index contributed by atoms with van der Waals surface area (Å²) in [4.78, 5) is 7.65. The van der Waals surface area contributed by atoms with Gasteiger partial charge in [0, 0.05) is 45.3 Å². The van der Waals surface area contributed by atoms with Gasteiger partial charge in [-0.1, -0.05) is 29.8 Å². The molecule has 3 nitrogen and oxygen atoms in total. The number of rotatable bonds is 4. The molecule has 0 spiro atoms. The summed E-state index contributed by atoms with van der Waals surface area (Å²) in [5.41, 5.74) is 5.74. The van der Waals surface area contributed by atoms with E-state index in [9.17, 15) is 0 Å². The lowest BCUT2D eigenvalue weighted by Crippen LogP contribution is -2.13. The van der Waals surface area contributed by atoms with Crippen LogP contribution in [0.5, 0.6) is 0 Å². The molecule has 2 heterocycles. The minimum absolute atomic E-state index is 0.0142. The Hall–Kier alpha value is -2.78. The van der Waals surface area contributed by atoms with Gasteiger partial charge < -0.3 is 10.3 Å². The van der Waals surface area contributed by atoms with Gasteiger partial charge in [0.1, 0.15) is 0 Å². The number of hydrogen-bond acceptors (Lipinski definition) is 2. The topological polar surface area (TPSA) is 40.7 Å². The average molecular weight is 348 g/mol. The van der Waals surface area contributed by atoms with Gasteiger partial charge in [-0.2, -0.15) is 0 Å². The Labute approximate surface area is 151 Å². The van der Waals surface area contributed by atoms with Crippen LogP contribution in [0.25, 0.3) is 10.9 Å². The van der Waals surface area contributed by atoms with Crippen molar-refractivity contribution in [1.82, 2.24) is 9.97 Å². The van der Waals surface area contributed by atoms with E-state index in [1.807, 2.05) is 36.7 Å². The standard InChI is InChI=1S/C21H18ClN3/c1-14-20(18-4-2-3-5-19(18)24-14)21(15-10-12-23-13-11-15)25-17-8-6-16(22)7-9-17/h2-13,21,24-25H,1H3/t21-/m1/s1. The molecule has 4 heteroatoms. The summed E-state index contributed by atoms with van der Waals surface area (Å²) in [6.45, 7) is 2.12. The Bertz CT molecular complexity index is 991.